The summed E-state index contributed by atoms with van der Waals surface area (Å²) in [7, 11) is 0. The highest BCUT2D eigenvalue weighted by molar-refractivity contribution is 6.49. The third-order valence-electron chi connectivity index (χ3n) is 1.52. The van der Waals surface area contributed by atoms with Crippen LogP contribution in [0.4, 0.5) is 0 Å². The van der Waals surface area contributed by atoms with E-state index in [2.05, 4.69) is 0 Å². The Labute approximate surface area is 90.6 Å². The molecule has 0 unspecified atom stereocenters. The molecular formula is C8H6Cl3NO. The summed E-state index contributed by atoms with van der Waals surface area (Å²) in [6, 6.07) is 3.02. The van der Waals surface area contributed by atoms with Crippen LogP contribution in [0.15, 0.2) is 12.1 Å². The van der Waals surface area contributed by atoms with Crippen LogP contribution in [0.3, 0.4) is 0 Å². The van der Waals surface area contributed by atoms with Gasteiger partial charge in [-0.3, -0.25) is 4.79 Å². The van der Waals surface area contributed by atoms with Gasteiger partial charge in [0.2, 0.25) is 0 Å². The van der Waals surface area contributed by atoms with E-state index in [1.165, 1.54) is 12.1 Å². The van der Waals surface area contributed by atoms with Gasteiger partial charge in [-0.2, -0.15) is 0 Å². The van der Waals surface area contributed by atoms with Gasteiger partial charge in [0.25, 0.3) is 0 Å². The van der Waals surface area contributed by atoms with Crippen LogP contribution in [0, 0.1) is 0 Å². The van der Waals surface area contributed by atoms with Crippen LogP contribution >= 0.6 is 34.8 Å². The first-order chi connectivity index (χ1) is 6.07. The maximum atomic E-state index is 11.2. The minimum absolute atomic E-state index is 0.0995. The molecule has 0 spiro atoms. The van der Waals surface area contributed by atoms with Gasteiger partial charge in [-0.05, 0) is 12.1 Å². The van der Waals surface area contributed by atoms with Crippen LogP contribution in [0.1, 0.15) is 10.4 Å². The van der Waals surface area contributed by atoms with Gasteiger partial charge in [-0.25, -0.2) is 0 Å². The molecule has 2 nitrogen and oxygen atoms in total. The highest BCUT2D eigenvalue weighted by Crippen LogP contribution is 2.32. The van der Waals surface area contributed by atoms with Crippen LogP contribution in [0.25, 0.3) is 0 Å². The fourth-order valence-corrected chi connectivity index (χ4v) is 1.49. The lowest BCUT2D eigenvalue weighted by molar-refractivity contribution is 0.100. The number of hydrogen-bond donors (Lipinski definition) is 1. The average molecular weight is 239 g/mol. The van der Waals surface area contributed by atoms with Crippen LogP contribution in [-0.4, -0.2) is 12.3 Å². The van der Waals surface area contributed by atoms with Crippen molar-refractivity contribution in [2.75, 3.05) is 6.54 Å². The zero-order chi connectivity index (χ0) is 10.0. The standard InChI is InChI=1S/C8H6Cl3NO/c9-5-2-1-4(6(13)3-12)7(10)8(5)11/h1-2H,3,12H2. The summed E-state index contributed by atoms with van der Waals surface area (Å²) in [5, 5.41) is 0.660. The largest absolute Gasteiger partial charge is 0.324 e. The fourth-order valence-electron chi connectivity index (χ4n) is 0.851. The van der Waals surface area contributed by atoms with Crippen LogP contribution < -0.4 is 5.73 Å². The third-order valence-corrected chi connectivity index (χ3v) is 2.81. The van der Waals surface area contributed by atoms with Crippen LogP contribution in [0.2, 0.25) is 15.1 Å². The van der Waals surface area contributed by atoms with Crippen molar-refractivity contribution in [2.45, 2.75) is 0 Å². The van der Waals surface area contributed by atoms with Gasteiger partial charge in [0.1, 0.15) is 0 Å². The molecule has 1 aromatic rings. The molecule has 70 valence electrons. The minimum atomic E-state index is -0.261. The van der Waals surface area contributed by atoms with Gasteiger partial charge in [-0.15, -0.1) is 0 Å². The van der Waals surface area contributed by atoms with Crippen LogP contribution in [0.5, 0.6) is 0 Å². The number of benzene rings is 1. The monoisotopic (exact) mass is 237 g/mol. The van der Waals surface area contributed by atoms with Crippen molar-refractivity contribution in [3.8, 4) is 0 Å². The van der Waals surface area contributed by atoms with E-state index in [0.29, 0.717) is 10.6 Å². The second-order valence-electron chi connectivity index (χ2n) is 2.35. The molecule has 0 aliphatic carbocycles. The third kappa shape index (κ3) is 2.15. The van der Waals surface area contributed by atoms with E-state index in [-0.39, 0.29) is 22.4 Å². The Kier molecular flexibility index (Phi) is 3.56. The lowest BCUT2D eigenvalue weighted by Gasteiger charge is -2.04. The highest BCUT2D eigenvalue weighted by atomic mass is 35.5. The van der Waals surface area contributed by atoms with Gasteiger partial charge >= 0.3 is 0 Å². The zero-order valence-electron chi connectivity index (χ0n) is 6.48. The lowest BCUT2D eigenvalue weighted by Crippen LogP contribution is -2.14. The molecule has 2 N–H and O–H groups in total. The summed E-state index contributed by atoms with van der Waals surface area (Å²) in [5.41, 5.74) is 5.48. The van der Waals surface area contributed by atoms with Gasteiger partial charge in [-0.1, -0.05) is 34.8 Å². The van der Waals surface area contributed by atoms with E-state index in [1.54, 1.807) is 0 Å². The molecule has 0 aliphatic rings. The number of carbonyl (C=O) groups excluding carboxylic acids is 1. The summed E-state index contributed by atoms with van der Waals surface area (Å²) in [6.07, 6.45) is 0. The first-order valence-electron chi connectivity index (χ1n) is 3.44. The zero-order valence-corrected chi connectivity index (χ0v) is 8.75. The van der Waals surface area contributed by atoms with Crippen molar-refractivity contribution in [1.29, 1.82) is 0 Å². The number of ketones is 1. The van der Waals surface area contributed by atoms with Crippen molar-refractivity contribution >= 4 is 40.6 Å². The van der Waals surface area contributed by atoms with E-state index >= 15 is 0 Å². The maximum Gasteiger partial charge on any atom is 0.177 e. The second-order valence-corrected chi connectivity index (χ2v) is 3.51. The number of carbonyl (C=O) groups is 1. The predicted octanol–water partition coefficient (Wildman–Crippen LogP) is 2.79. The SMILES string of the molecule is NCC(=O)c1ccc(Cl)c(Cl)c1Cl. The van der Waals surface area contributed by atoms with Crippen molar-refractivity contribution in [2.24, 2.45) is 5.73 Å². The fraction of sp³-hybridized carbons (Fsp3) is 0.125. The summed E-state index contributed by atoms with van der Waals surface area (Å²) in [6.45, 7) is -0.0995. The summed E-state index contributed by atoms with van der Waals surface area (Å²) in [4.78, 5) is 11.2. The summed E-state index contributed by atoms with van der Waals surface area (Å²) in [5.74, 6) is -0.261. The predicted molar refractivity (Wildman–Crippen MR) is 54.9 cm³/mol. The van der Waals surface area contributed by atoms with Crippen molar-refractivity contribution in [1.82, 2.24) is 0 Å². The van der Waals surface area contributed by atoms with Crippen LogP contribution in [-0.2, 0) is 0 Å². The quantitative estimate of drug-likeness (QED) is 0.636. The number of nitrogens with two attached hydrogens (primary N) is 1. The van der Waals surface area contributed by atoms with E-state index < -0.39 is 0 Å². The second kappa shape index (κ2) is 4.29. The van der Waals surface area contributed by atoms with Gasteiger partial charge in [0, 0.05) is 5.56 Å². The van der Waals surface area contributed by atoms with E-state index in [4.69, 9.17) is 40.5 Å². The molecule has 0 aliphatic heterocycles. The molecule has 5 heteroatoms. The Bertz CT molecular complexity index is 351. The summed E-state index contributed by atoms with van der Waals surface area (Å²) >= 11 is 17.2. The smallest absolute Gasteiger partial charge is 0.177 e. The molecule has 0 radical (unpaired) electrons. The molecule has 0 heterocycles. The Hall–Kier alpha value is -0.280. The summed E-state index contributed by atoms with van der Waals surface area (Å²) < 4.78 is 0. The molecule has 0 atom stereocenters. The lowest BCUT2D eigenvalue weighted by atomic mass is 10.1. The minimum Gasteiger partial charge on any atom is -0.324 e. The van der Waals surface area contributed by atoms with E-state index in [1.807, 2.05) is 0 Å². The number of Topliss-reactive ketones (excluding diaryl/α,β-unsaturated/α-hetero) is 1. The molecule has 13 heavy (non-hydrogen) atoms. The van der Waals surface area contributed by atoms with Gasteiger partial charge < -0.3 is 5.73 Å². The molecule has 1 rings (SSSR count). The molecule has 0 fully saturated rings. The normalized spacial score (nSPS) is 10.2. The Morgan fingerprint density at radius 2 is 1.85 bits per heavy atom. The Morgan fingerprint density at radius 1 is 1.23 bits per heavy atom. The Balaban J connectivity index is 3.26. The number of halogens is 3. The first kappa shape index (κ1) is 10.8. The molecular weight excluding hydrogens is 232 g/mol. The van der Waals surface area contributed by atoms with Crippen molar-refractivity contribution in [3.63, 3.8) is 0 Å². The topological polar surface area (TPSA) is 43.1 Å². The van der Waals surface area contributed by atoms with E-state index in [9.17, 15) is 4.79 Å². The van der Waals surface area contributed by atoms with Crippen molar-refractivity contribution in [3.05, 3.63) is 32.8 Å². The Morgan fingerprint density at radius 3 is 2.38 bits per heavy atom. The molecule has 0 amide bonds. The number of rotatable bonds is 2. The number of hydrogen-bond acceptors (Lipinski definition) is 2. The maximum absolute atomic E-state index is 11.2. The average Bonchev–Trinajstić information content (AvgIpc) is 2.13. The molecule has 0 saturated heterocycles. The van der Waals surface area contributed by atoms with Crippen molar-refractivity contribution < 1.29 is 4.79 Å². The van der Waals surface area contributed by atoms with Gasteiger partial charge in [0.15, 0.2) is 5.78 Å². The van der Waals surface area contributed by atoms with E-state index in [0.717, 1.165) is 0 Å². The molecule has 1 aromatic carbocycles. The highest BCUT2D eigenvalue weighted by Gasteiger charge is 2.13. The first-order valence-corrected chi connectivity index (χ1v) is 4.58. The molecule has 0 bridgehead atoms. The molecule has 0 saturated carbocycles. The molecule has 0 aromatic heterocycles. The van der Waals surface area contributed by atoms with Gasteiger partial charge in [0.05, 0.1) is 21.6 Å².